The Hall–Kier alpha value is -3.36. The molecule has 25 heavy (non-hydrogen) atoms. The third-order valence-electron chi connectivity index (χ3n) is 3.26. The minimum atomic E-state index is -1.01. The van der Waals surface area contributed by atoms with E-state index in [1.165, 1.54) is 19.9 Å². The van der Waals surface area contributed by atoms with Gasteiger partial charge >= 0.3 is 0 Å². The van der Waals surface area contributed by atoms with Crippen molar-refractivity contribution < 1.29 is 23.3 Å². The van der Waals surface area contributed by atoms with Crippen LogP contribution in [0.25, 0.3) is 0 Å². The van der Waals surface area contributed by atoms with Crippen LogP contribution in [0.4, 0.5) is 25.8 Å². The normalized spacial score (nSPS) is 10.2. The standard InChI is InChI=1S/C16H13F2N3O4/c1-8-5-13(18)14(7-15(8)21(24)25)20-16(23)11-6-10(19-9(2)22)3-4-12(11)17/h3-7H,1-2H3,(H,19,22)(H,20,23). The smallest absolute Gasteiger partial charge is 0.274 e. The van der Waals surface area contributed by atoms with Crippen LogP contribution in [0.5, 0.6) is 0 Å². The van der Waals surface area contributed by atoms with E-state index in [1.807, 2.05) is 0 Å². The van der Waals surface area contributed by atoms with Crippen LogP contribution in [-0.2, 0) is 4.79 Å². The molecule has 2 rings (SSSR count). The van der Waals surface area contributed by atoms with E-state index in [4.69, 9.17) is 0 Å². The van der Waals surface area contributed by atoms with Gasteiger partial charge in [-0.15, -0.1) is 0 Å². The topological polar surface area (TPSA) is 101 Å². The molecule has 0 saturated heterocycles. The summed E-state index contributed by atoms with van der Waals surface area (Å²) < 4.78 is 27.8. The third-order valence-corrected chi connectivity index (χ3v) is 3.26. The first kappa shape index (κ1) is 18.0. The largest absolute Gasteiger partial charge is 0.326 e. The van der Waals surface area contributed by atoms with E-state index in [2.05, 4.69) is 10.6 Å². The minimum Gasteiger partial charge on any atom is -0.326 e. The number of carbonyl (C=O) groups is 2. The Bertz CT molecular complexity index is 884. The number of nitrogens with one attached hydrogen (secondary N) is 2. The van der Waals surface area contributed by atoms with Crippen molar-refractivity contribution in [1.29, 1.82) is 0 Å². The number of hydrogen-bond acceptors (Lipinski definition) is 4. The molecule has 0 aromatic heterocycles. The lowest BCUT2D eigenvalue weighted by atomic mass is 10.1. The summed E-state index contributed by atoms with van der Waals surface area (Å²) >= 11 is 0. The van der Waals surface area contributed by atoms with Crippen molar-refractivity contribution in [3.63, 3.8) is 0 Å². The maximum atomic E-state index is 13.9. The number of anilines is 2. The number of benzene rings is 2. The summed E-state index contributed by atoms with van der Waals surface area (Å²) in [6.07, 6.45) is 0. The van der Waals surface area contributed by atoms with Gasteiger partial charge in [0.1, 0.15) is 11.6 Å². The van der Waals surface area contributed by atoms with E-state index < -0.39 is 39.6 Å². The predicted octanol–water partition coefficient (Wildman–Crippen LogP) is 3.39. The summed E-state index contributed by atoms with van der Waals surface area (Å²) in [4.78, 5) is 33.4. The molecule has 2 amide bonds. The molecule has 0 aliphatic heterocycles. The Morgan fingerprint density at radius 2 is 1.76 bits per heavy atom. The Morgan fingerprint density at radius 3 is 2.36 bits per heavy atom. The van der Waals surface area contributed by atoms with Crippen molar-refractivity contribution in [1.82, 2.24) is 0 Å². The molecular weight excluding hydrogens is 336 g/mol. The second kappa shape index (κ2) is 7.04. The number of nitrogens with zero attached hydrogens (tertiary/aromatic N) is 1. The molecule has 0 fully saturated rings. The van der Waals surface area contributed by atoms with E-state index in [9.17, 15) is 28.5 Å². The fourth-order valence-electron chi connectivity index (χ4n) is 2.12. The number of amides is 2. The summed E-state index contributed by atoms with van der Waals surface area (Å²) in [5.41, 5.74) is -1.03. The van der Waals surface area contributed by atoms with Gasteiger partial charge in [-0.05, 0) is 31.2 Å². The lowest BCUT2D eigenvalue weighted by Crippen LogP contribution is -2.16. The number of nitro benzene ring substituents is 1. The van der Waals surface area contributed by atoms with Crippen LogP contribution in [0, 0.1) is 28.7 Å². The van der Waals surface area contributed by atoms with Crippen molar-refractivity contribution in [3.05, 3.63) is 63.2 Å². The molecule has 0 saturated carbocycles. The zero-order chi connectivity index (χ0) is 18.7. The second-order valence-corrected chi connectivity index (χ2v) is 5.21. The lowest BCUT2D eigenvalue weighted by Gasteiger charge is -2.10. The summed E-state index contributed by atoms with van der Waals surface area (Å²) in [5.74, 6) is -3.22. The highest BCUT2D eigenvalue weighted by Gasteiger charge is 2.19. The number of nitro groups is 1. The molecule has 0 atom stereocenters. The number of carbonyl (C=O) groups excluding carboxylic acids is 2. The van der Waals surface area contributed by atoms with Gasteiger partial charge in [-0.2, -0.15) is 0 Å². The second-order valence-electron chi connectivity index (χ2n) is 5.21. The van der Waals surface area contributed by atoms with Gasteiger partial charge in [0.15, 0.2) is 0 Å². The van der Waals surface area contributed by atoms with Crippen LogP contribution < -0.4 is 10.6 Å². The Morgan fingerprint density at radius 1 is 1.08 bits per heavy atom. The Kier molecular flexibility index (Phi) is 5.06. The fourth-order valence-corrected chi connectivity index (χ4v) is 2.12. The van der Waals surface area contributed by atoms with Crippen LogP contribution in [0.2, 0.25) is 0 Å². The minimum absolute atomic E-state index is 0.0827. The third kappa shape index (κ3) is 4.14. The Labute approximate surface area is 140 Å². The average Bonchev–Trinajstić information content (AvgIpc) is 2.50. The van der Waals surface area contributed by atoms with E-state index >= 15 is 0 Å². The van der Waals surface area contributed by atoms with E-state index in [1.54, 1.807) is 0 Å². The van der Waals surface area contributed by atoms with E-state index in [0.29, 0.717) is 0 Å². The molecule has 2 aromatic rings. The number of hydrogen-bond donors (Lipinski definition) is 2. The molecule has 7 nitrogen and oxygen atoms in total. The molecule has 0 spiro atoms. The molecule has 130 valence electrons. The summed E-state index contributed by atoms with van der Waals surface area (Å²) in [6, 6.07) is 5.06. The SMILES string of the molecule is CC(=O)Nc1ccc(F)c(C(=O)Nc2cc([N+](=O)[O-])c(C)cc2F)c1. The van der Waals surface area contributed by atoms with Gasteiger partial charge in [0, 0.05) is 24.2 Å². The molecule has 2 aromatic carbocycles. The van der Waals surface area contributed by atoms with Crippen LogP contribution >= 0.6 is 0 Å². The van der Waals surface area contributed by atoms with Crippen molar-refractivity contribution >= 4 is 28.9 Å². The van der Waals surface area contributed by atoms with Gasteiger partial charge in [-0.3, -0.25) is 19.7 Å². The molecule has 0 aliphatic carbocycles. The summed E-state index contributed by atoms with van der Waals surface area (Å²) in [6.45, 7) is 2.59. The van der Waals surface area contributed by atoms with Gasteiger partial charge in [-0.1, -0.05) is 0 Å². The molecular formula is C16H13F2N3O4. The quantitative estimate of drug-likeness (QED) is 0.652. The van der Waals surface area contributed by atoms with Crippen LogP contribution in [0.3, 0.4) is 0 Å². The molecule has 0 radical (unpaired) electrons. The van der Waals surface area contributed by atoms with Gasteiger partial charge in [0.25, 0.3) is 11.6 Å². The maximum absolute atomic E-state index is 13.9. The Balaban J connectivity index is 2.35. The van der Waals surface area contributed by atoms with Gasteiger partial charge in [-0.25, -0.2) is 8.78 Å². The van der Waals surface area contributed by atoms with Crippen molar-refractivity contribution in [3.8, 4) is 0 Å². The fraction of sp³-hybridized carbons (Fsp3) is 0.125. The average molecular weight is 349 g/mol. The molecule has 0 bridgehead atoms. The zero-order valence-corrected chi connectivity index (χ0v) is 13.2. The van der Waals surface area contributed by atoms with Crippen molar-refractivity contribution in [2.45, 2.75) is 13.8 Å². The number of halogens is 2. The van der Waals surface area contributed by atoms with Gasteiger partial charge in [0.2, 0.25) is 5.91 Å². The molecule has 9 heteroatoms. The molecule has 0 unspecified atom stereocenters. The van der Waals surface area contributed by atoms with Gasteiger partial charge < -0.3 is 10.6 Å². The molecule has 0 aliphatic rings. The maximum Gasteiger partial charge on any atom is 0.274 e. The highest BCUT2D eigenvalue weighted by atomic mass is 19.1. The number of aryl methyl sites for hydroxylation is 1. The van der Waals surface area contributed by atoms with Crippen LogP contribution in [0.1, 0.15) is 22.8 Å². The van der Waals surface area contributed by atoms with E-state index in [0.717, 1.165) is 24.3 Å². The molecule has 2 N–H and O–H groups in total. The van der Waals surface area contributed by atoms with Gasteiger partial charge in [0.05, 0.1) is 16.2 Å². The number of rotatable bonds is 4. The first-order valence-electron chi connectivity index (χ1n) is 7.02. The predicted molar refractivity (Wildman–Crippen MR) is 86.4 cm³/mol. The van der Waals surface area contributed by atoms with E-state index in [-0.39, 0.29) is 16.9 Å². The van der Waals surface area contributed by atoms with Crippen LogP contribution in [-0.4, -0.2) is 16.7 Å². The highest BCUT2D eigenvalue weighted by molar-refractivity contribution is 6.05. The van der Waals surface area contributed by atoms with Crippen molar-refractivity contribution in [2.24, 2.45) is 0 Å². The first-order valence-corrected chi connectivity index (χ1v) is 7.02. The summed E-state index contributed by atoms with van der Waals surface area (Å²) in [5, 5.41) is 15.4. The highest BCUT2D eigenvalue weighted by Crippen LogP contribution is 2.26. The lowest BCUT2D eigenvalue weighted by molar-refractivity contribution is -0.385. The summed E-state index contributed by atoms with van der Waals surface area (Å²) in [7, 11) is 0. The monoisotopic (exact) mass is 349 g/mol. The van der Waals surface area contributed by atoms with Crippen LogP contribution in [0.15, 0.2) is 30.3 Å². The molecule has 0 heterocycles. The van der Waals surface area contributed by atoms with Crippen molar-refractivity contribution in [2.75, 3.05) is 10.6 Å². The zero-order valence-electron chi connectivity index (χ0n) is 13.2. The first-order chi connectivity index (χ1) is 11.7.